The molecule has 0 radical (unpaired) electrons. The van der Waals surface area contributed by atoms with Crippen LogP contribution in [0.15, 0.2) is 12.1 Å². The number of benzene rings is 1. The van der Waals surface area contributed by atoms with Crippen LogP contribution in [0, 0.1) is 24.7 Å². The first-order valence-electron chi connectivity index (χ1n) is 8.65. The van der Waals surface area contributed by atoms with E-state index in [0.717, 1.165) is 29.2 Å². The van der Waals surface area contributed by atoms with E-state index in [1.165, 1.54) is 12.8 Å². The van der Waals surface area contributed by atoms with Crippen molar-refractivity contribution in [3.05, 3.63) is 23.3 Å². The highest BCUT2D eigenvalue weighted by molar-refractivity contribution is 5.75. The molecule has 0 aromatic heterocycles. The van der Waals surface area contributed by atoms with Crippen molar-refractivity contribution in [2.24, 2.45) is 17.8 Å². The molecule has 0 amide bonds. The lowest BCUT2D eigenvalue weighted by Crippen LogP contribution is -2.38. The Kier molecular flexibility index (Phi) is 5.55. The summed E-state index contributed by atoms with van der Waals surface area (Å²) in [5.41, 5.74) is 9.55. The summed E-state index contributed by atoms with van der Waals surface area (Å²) in [6.45, 7) is 8.85. The van der Waals surface area contributed by atoms with Gasteiger partial charge >= 0.3 is 5.97 Å². The fraction of sp³-hybridized carbons (Fsp3) is 0.632. The van der Waals surface area contributed by atoms with E-state index < -0.39 is 5.97 Å². The maximum absolute atomic E-state index is 10.9. The number of nitrogens with one attached hydrogen (secondary N) is 1. The Balaban J connectivity index is 2.20. The molecule has 1 fully saturated rings. The molecule has 2 rings (SSSR count). The molecule has 23 heavy (non-hydrogen) atoms. The Labute approximate surface area is 139 Å². The molecule has 4 N–H and O–H groups in total. The van der Waals surface area contributed by atoms with Crippen LogP contribution in [-0.2, 0) is 11.2 Å². The number of rotatable bonds is 5. The van der Waals surface area contributed by atoms with Crippen molar-refractivity contribution < 1.29 is 9.90 Å². The summed E-state index contributed by atoms with van der Waals surface area (Å²) < 4.78 is 0. The summed E-state index contributed by atoms with van der Waals surface area (Å²) in [6, 6.07) is 4.25. The van der Waals surface area contributed by atoms with E-state index in [-0.39, 0.29) is 6.42 Å². The van der Waals surface area contributed by atoms with E-state index in [2.05, 4.69) is 26.1 Å². The zero-order valence-electron chi connectivity index (χ0n) is 14.7. The minimum atomic E-state index is -0.825. The summed E-state index contributed by atoms with van der Waals surface area (Å²) in [5.74, 6) is 1.21. The number of hydrogen-bond acceptors (Lipinski definition) is 3. The molecule has 4 nitrogen and oxygen atoms in total. The molecule has 128 valence electrons. The smallest absolute Gasteiger partial charge is 0.307 e. The van der Waals surface area contributed by atoms with E-state index in [0.29, 0.717) is 23.6 Å². The Bertz CT molecular complexity index is 569. The van der Waals surface area contributed by atoms with Crippen molar-refractivity contribution in [1.29, 1.82) is 0 Å². The Morgan fingerprint density at radius 3 is 2.70 bits per heavy atom. The molecule has 4 heteroatoms. The SMILES string of the molecule is Cc1cc(N[C@@H]2C[C@H](C)CC[C@H]2C(C)C)c(N)cc1CC(=O)O. The summed E-state index contributed by atoms with van der Waals surface area (Å²) in [6.07, 6.45) is 3.74. The van der Waals surface area contributed by atoms with Gasteiger partial charge in [0.1, 0.15) is 0 Å². The molecule has 1 saturated carbocycles. The second-order valence-corrected chi connectivity index (χ2v) is 7.51. The van der Waals surface area contributed by atoms with Gasteiger partial charge in [0.25, 0.3) is 0 Å². The maximum Gasteiger partial charge on any atom is 0.307 e. The van der Waals surface area contributed by atoms with Crippen molar-refractivity contribution in [3.63, 3.8) is 0 Å². The van der Waals surface area contributed by atoms with Crippen molar-refractivity contribution >= 4 is 17.3 Å². The summed E-state index contributed by atoms with van der Waals surface area (Å²) >= 11 is 0. The van der Waals surface area contributed by atoms with Crippen LogP contribution in [0.1, 0.15) is 51.2 Å². The quantitative estimate of drug-likeness (QED) is 0.715. The lowest BCUT2D eigenvalue weighted by Gasteiger charge is -2.38. The number of anilines is 2. The number of nitrogens with two attached hydrogens (primary N) is 1. The molecular weight excluding hydrogens is 288 g/mol. The van der Waals surface area contributed by atoms with Gasteiger partial charge in [-0.1, -0.05) is 27.2 Å². The molecule has 1 aromatic rings. The Morgan fingerprint density at radius 2 is 2.09 bits per heavy atom. The normalized spacial score (nSPS) is 24.7. The lowest BCUT2D eigenvalue weighted by molar-refractivity contribution is -0.136. The van der Waals surface area contributed by atoms with Crippen LogP contribution in [0.4, 0.5) is 11.4 Å². The average molecular weight is 318 g/mol. The molecular formula is C19H30N2O2. The molecule has 0 spiro atoms. The van der Waals surface area contributed by atoms with E-state index in [1.807, 2.05) is 19.1 Å². The van der Waals surface area contributed by atoms with E-state index in [4.69, 9.17) is 10.8 Å². The first kappa shape index (κ1) is 17.6. The van der Waals surface area contributed by atoms with Gasteiger partial charge in [-0.15, -0.1) is 0 Å². The first-order chi connectivity index (χ1) is 10.8. The molecule has 1 aliphatic carbocycles. The molecule has 1 aromatic carbocycles. The average Bonchev–Trinajstić information content (AvgIpc) is 2.43. The number of carboxylic acids is 1. The number of carbonyl (C=O) groups is 1. The highest BCUT2D eigenvalue weighted by Crippen LogP contribution is 2.36. The fourth-order valence-electron chi connectivity index (χ4n) is 3.82. The van der Waals surface area contributed by atoms with Crippen molar-refractivity contribution in [2.45, 2.75) is 59.4 Å². The zero-order chi connectivity index (χ0) is 17.1. The zero-order valence-corrected chi connectivity index (χ0v) is 14.7. The number of aryl methyl sites for hydroxylation is 1. The van der Waals surface area contributed by atoms with Gasteiger partial charge in [-0.3, -0.25) is 4.79 Å². The van der Waals surface area contributed by atoms with Gasteiger partial charge in [0, 0.05) is 6.04 Å². The Hall–Kier alpha value is -1.71. The topological polar surface area (TPSA) is 75.3 Å². The van der Waals surface area contributed by atoms with Gasteiger partial charge in [-0.2, -0.15) is 0 Å². The molecule has 0 unspecified atom stereocenters. The van der Waals surface area contributed by atoms with E-state index >= 15 is 0 Å². The van der Waals surface area contributed by atoms with Gasteiger partial charge in [-0.05, 0) is 60.8 Å². The molecule has 0 bridgehead atoms. The number of hydrogen-bond donors (Lipinski definition) is 3. The van der Waals surface area contributed by atoms with Gasteiger partial charge in [0.05, 0.1) is 17.8 Å². The monoisotopic (exact) mass is 318 g/mol. The second kappa shape index (κ2) is 7.24. The predicted molar refractivity (Wildman–Crippen MR) is 95.7 cm³/mol. The highest BCUT2D eigenvalue weighted by Gasteiger charge is 2.30. The van der Waals surface area contributed by atoms with Crippen molar-refractivity contribution in [1.82, 2.24) is 0 Å². The Morgan fingerprint density at radius 1 is 1.39 bits per heavy atom. The van der Waals surface area contributed by atoms with Gasteiger partial charge in [0.15, 0.2) is 0 Å². The van der Waals surface area contributed by atoms with Crippen LogP contribution in [0.2, 0.25) is 0 Å². The number of nitrogen functional groups attached to an aromatic ring is 1. The van der Waals surface area contributed by atoms with Crippen LogP contribution in [-0.4, -0.2) is 17.1 Å². The third kappa shape index (κ3) is 4.40. The number of carboxylic acid groups (broad SMARTS) is 1. The van der Waals surface area contributed by atoms with Crippen LogP contribution >= 0.6 is 0 Å². The minimum Gasteiger partial charge on any atom is -0.481 e. The predicted octanol–water partition coefficient (Wildman–Crippen LogP) is 4.08. The van der Waals surface area contributed by atoms with Crippen LogP contribution in [0.3, 0.4) is 0 Å². The van der Waals surface area contributed by atoms with Crippen molar-refractivity contribution in [2.75, 3.05) is 11.1 Å². The largest absolute Gasteiger partial charge is 0.481 e. The van der Waals surface area contributed by atoms with E-state index in [1.54, 1.807) is 0 Å². The third-order valence-electron chi connectivity index (χ3n) is 5.21. The molecule has 0 aliphatic heterocycles. The maximum atomic E-state index is 10.9. The standard InChI is InChI=1S/C19H30N2O2/c1-11(2)15-6-5-12(3)7-17(15)21-18-8-13(4)14(9-16(18)20)10-19(22)23/h8-9,11-12,15,17,21H,5-7,10,20H2,1-4H3,(H,22,23)/t12-,15+,17-/m1/s1. The van der Waals surface area contributed by atoms with Crippen LogP contribution in [0.5, 0.6) is 0 Å². The third-order valence-corrected chi connectivity index (χ3v) is 5.21. The van der Waals surface area contributed by atoms with E-state index in [9.17, 15) is 4.79 Å². The minimum absolute atomic E-state index is 0.0192. The second-order valence-electron chi connectivity index (χ2n) is 7.51. The molecule has 1 aliphatic rings. The molecule has 3 atom stereocenters. The molecule has 0 saturated heterocycles. The van der Waals surface area contributed by atoms with Crippen molar-refractivity contribution in [3.8, 4) is 0 Å². The van der Waals surface area contributed by atoms with Gasteiger partial charge in [0.2, 0.25) is 0 Å². The number of aliphatic carboxylic acids is 1. The van der Waals surface area contributed by atoms with Crippen LogP contribution in [0.25, 0.3) is 0 Å². The molecule has 0 heterocycles. The highest BCUT2D eigenvalue weighted by atomic mass is 16.4. The fourth-order valence-corrected chi connectivity index (χ4v) is 3.82. The van der Waals surface area contributed by atoms with Gasteiger partial charge in [-0.25, -0.2) is 0 Å². The van der Waals surface area contributed by atoms with Gasteiger partial charge < -0.3 is 16.2 Å². The van der Waals surface area contributed by atoms with Crippen LogP contribution < -0.4 is 11.1 Å². The lowest BCUT2D eigenvalue weighted by atomic mass is 9.74. The summed E-state index contributed by atoms with van der Waals surface area (Å²) in [5, 5.41) is 12.6. The summed E-state index contributed by atoms with van der Waals surface area (Å²) in [4.78, 5) is 10.9. The summed E-state index contributed by atoms with van der Waals surface area (Å²) in [7, 11) is 0. The first-order valence-corrected chi connectivity index (χ1v) is 8.65.